The summed E-state index contributed by atoms with van der Waals surface area (Å²) in [4.78, 5) is 45.5. The van der Waals surface area contributed by atoms with Gasteiger partial charge in [0.05, 0.1) is 22.2 Å². The van der Waals surface area contributed by atoms with Crippen LogP contribution in [0.15, 0.2) is 66.9 Å². The number of nitrogens with zero attached hydrogens (tertiary/aromatic N) is 4. The number of amides is 2. The molecule has 1 aromatic heterocycles. The number of hydrogen-bond donors (Lipinski definition) is 1. The van der Waals surface area contributed by atoms with Gasteiger partial charge in [0.1, 0.15) is 5.69 Å². The van der Waals surface area contributed by atoms with Crippen molar-refractivity contribution in [1.82, 2.24) is 9.88 Å². The second kappa shape index (κ2) is 11.4. The Hall–Kier alpha value is -3.93. The third-order valence-corrected chi connectivity index (χ3v) is 13.0. The number of anilines is 2. The molecule has 3 aromatic rings. The summed E-state index contributed by atoms with van der Waals surface area (Å²) in [5.74, 6) is -1.54. The van der Waals surface area contributed by atoms with Gasteiger partial charge in [-0.05, 0) is 48.3 Å². The quantitative estimate of drug-likeness (QED) is 0.151. The van der Waals surface area contributed by atoms with Crippen molar-refractivity contribution in [3.8, 4) is 0 Å². The first-order valence-corrected chi connectivity index (χ1v) is 17.1. The standard InChI is InChI=1S/C31H37N5O5Si/c1-31(2,3)42(4,5)41-23-17-22(19-34(20-23)18-21-11-7-6-8-12-21)33-26-15-16-32-28(27(26)36(39)40)35-29(37)24-13-9-10-14-25(24)30(35)38/h6-16,22-23H,17-20H2,1-5H3,(H,32,33)/t22-,23-/m1/s1. The van der Waals surface area contributed by atoms with E-state index in [2.05, 4.69) is 61.2 Å². The molecule has 2 aromatic carbocycles. The summed E-state index contributed by atoms with van der Waals surface area (Å²) < 4.78 is 6.84. The number of fused-ring (bicyclic) bond motifs is 1. The van der Waals surface area contributed by atoms with Crippen LogP contribution in [0, 0.1) is 10.1 Å². The highest BCUT2D eigenvalue weighted by atomic mass is 28.4. The molecule has 2 amide bonds. The highest BCUT2D eigenvalue weighted by Gasteiger charge is 2.43. The van der Waals surface area contributed by atoms with E-state index in [4.69, 9.17) is 4.43 Å². The molecule has 10 nitrogen and oxygen atoms in total. The lowest BCUT2D eigenvalue weighted by atomic mass is 10.0. The summed E-state index contributed by atoms with van der Waals surface area (Å²) in [5.41, 5.74) is 1.37. The van der Waals surface area contributed by atoms with Crippen molar-refractivity contribution in [2.45, 2.75) is 64.0 Å². The number of piperidine rings is 1. The zero-order valence-corrected chi connectivity index (χ0v) is 25.7. The van der Waals surface area contributed by atoms with Gasteiger partial charge in [0.2, 0.25) is 5.82 Å². The number of carbonyl (C=O) groups excluding carboxylic acids is 2. The minimum Gasteiger partial charge on any atom is -0.413 e. The maximum atomic E-state index is 13.2. The van der Waals surface area contributed by atoms with Crippen LogP contribution in [0.1, 0.15) is 53.5 Å². The fraction of sp³-hybridized carbons (Fsp3) is 0.387. The van der Waals surface area contributed by atoms with Gasteiger partial charge < -0.3 is 9.74 Å². The number of pyridine rings is 1. The molecule has 0 saturated carbocycles. The molecule has 220 valence electrons. The van der Waals surface area contributed by atoms with Crippen LogP contribution in [-0.2, 0) is 11.0 Å². The van der Waals surface area contributed by atoms with Crippen LogP contribution in [0.2, 0.25) is 18.1 Å². The van der Waals surface area contributed by atoms with Crippen LogP contribution in [0.4, 0.5) is 17.2 Å². The molecule has 1 fully saturated rings. The molecule has 2 aliphatic rings. The first-order valence-electron chi connectivity index (χ1n) is 14.2. The average molecular weight is 588 g/mol. The van der Waals surface area contributed by atoms with Crippen LogP contribution in [0.25, 0.3) is 0 Å². The van der Waals surface area contributed by atoms with Gasteiger partial charge in [0.15, 0.2) is 8.32 Å². The van der Waals surface area contributed by atoms with E-state index in [1.54, 1.807) is 12.1 Å². The minimum absolute atomic E-state index is 0.0306. The zero-order valence-electron chi connectivity index (χ0n) is 24.7. The SMILES string of the molecule is CC(C)(C)[Si](C)(C)O[C@@H]1C[C@@H](Nc2ccnc(N3C(=O)c4ccccc4C3=O)c2[N+](=O)[O-])CN(Cc2ccccc2)C1. The Morgan fingerprint density at radius 1 is 1.00 bits per heavy atom. The molecular weight excluding hydrogens is 550 g/mol. The molecule has 3 heterocycles. The normalized spacial score (nSPS) is 19.6. The van der Waals surface area contributed by atoms with E-state index in [1.165, 1.54) is 30.0 Å². The number of nitro groups is 1. The number of aromatic nitrogens is 1. The Labute approximate surface area is 247 Å². The lowest BCUT2D eigenvalue weighted by Gasteiger charge is -2.44. The molecule has 0 aliphatic carbocycles. The maximum Gasteiger partial charge on any atom is 0.335 e. The summed E-state index contributed by atoms with van der Waals surface area (Å²) in [6, 6.07) is 17.9. The topological polar surface area (TPSA) is 118 Å². The summed E-state index contributed by atoms with van der Waals surface area (Å²) >= 11 is 0. The summed E-state index contributed by atoms with van der Waals surface area (Å²) in [7, 11) is -2.09. The zero-order chi connectivity index (χ0) is 30.2. The Morgan fingerprint density at radius 2 is 1.62 bits per heavy atom. The van der Waals surface area contributed by atoms with Crippen LogP contribution < -0.4 is 10.2 Å². The Balaban J connectivity index is 1.45. The van der Waals surface area contributed by atoms with E-state index in [9.17, 15) is 19.7 Å². The monoisotopic (exact) mass is 587 g/mol. The van der Waals surface area contributed by atoms with Gasteiger partial charge in [0, 0.05) is 31.9 Å². The number of imide groups is 1. The lowest BCUT2D eigenvalue weighted by molar-refractivity contribution is -0.383. The van der Waals surface area contributed by atoms with Crippen molar-refractivity contribution in [2.75, 3.05) is 23.3 Å². The lowest BCUT2D eigenvalue weighted by Crippen LogP contribution is -2.53. The van der Waals surface area contributed by atoms with Crippen molar-refractivity contribution in [3.63, 3.8) is 0 Å². The number of hydrogen-bond acceptors (Lipinski definition) is 8. The van der Waals surface area contributed by atoms with E-state index in [1.807, 2.05) is 18.2 Å². The van der Waals surface area contributed by atoms with Crippen molar-refractivity contribution < 1.29 is 18.9 Å². The van der Waals surface area contributed by atoms with Gasteiger partial charge in [-0.3, -0.25) is 24.6 Å². The Kier molecular flexibility index (Phi) is 8.01. The van der Waals surface area contributed by atoms with Crippen molar-refractivity contribution in [2.24, 2.45) is 0 Å². The third kappa shape index (κ3) is 5.85. The molecule has 2 atom stereocenters. The predicted octanol–water partition coefficient (Wildman–Crippen LogP) is 5.87. The van der Waals surface area contributed by atoms with Gasteiger partial charge in [0.25, 0.3) is 11.8 Å². The molecule has 0 radical (unpaired) electrons. The summed E-state index contributed by atoms with van der Waals surface area (Å²) in [6.45, 7) is 13.2. The molecule has 1 saturated heterocycles. The van der Waals surface area contributed by atoms with Crippen LogP contribution in [-0.4, -0.2) is 60.2 Å². The molecule has 1 N–H and O–H groups in total. The highest BCUT2D eigenvalue weighted by Crippen LogP contribution is 2.40. The predicted molar refractivity (Wildman–Crippen MR) is 164 cm³/mol. The number of carbonyl (C=O) groups is 2. The first-order chi connectivity index (χ1) is 19.9. The van der Waals surface area contributed by atoms with E-state index in [0.29, 0.717) is 13.0 Å². The van der Waals surface area contributed by atoms with E-state index >= 15 is 0 Å². The van der Waals surface area contributed by atoms with Crippen molar-refractivity contribution in [3.05, 3.63) is 93.7 Å². The minimum atomic E-state index is -2.09. The number of rotatable bonds is 8. The van der Waals surface area contributed by atoms with Crippen LogP contribution in [0.3, 0.4) is 0 Å². The molecule has 0 spiro atoms. The van der Waals surface area contributed by atoms with Gasteiger partial charge in [-0.25, -0.2) is 9.88 Å². The molecule has 0 bridgehead atoms. The second-order valence-electron chi connectivity index (χ2n) is 12.5. The molecule has 5 rings (SSSR count). The average Bonchev–Trinajstić information content (AvgIpc) is 3.17. The van der Waals surface area contributed by atoms with Crippen molar-refractivity contribution in [1.29, 1.82) is 0 Å². The van der Waals surface area contributed by atoms with Gasteiger partial charge in [-0.1, -0.05) is 63.2 Å². The second-order valence-corrected chi connectivity index (χ2v) is 17.3. The molecule has 42 heavy (non-hydrogen) atoms. The summed E-state index contributed by atoms with van der Waals surface area (Å²) in [5, 5.41) is 15.9. The molecule has 11 heteroatoms. The van der Waals surface area contributed by atoms with Crippen LogP contribution in [0.5, 0.6) is 0 Å². The number of nitrogens with one attached hydrogen (secondary N) is 1. The molecule has 0 unspecified atom stereocenters. The third-order valence-electron chi connectivity index (χ3n) is 8.46. The maximum absolute atomic E-state index is 13.2. The largest absolute Gasteiger partial charge is 0.413 e. The Bertz CT molecular complexity index is 1470. The van der Waals surface area contributed by atoms with Gasteiger partial charge >= 0.3 is 5.69 Å². The smallest absolute Gasteiger partial charge is 0.335 e. The van der Waals surface area contributed by atoms with Crippen LogP contribution >= 0.6 is 0 Å². The fourth-order valence-corrected chi connectivity index (χ4v) is 6.76. The number of benzene rings is 2. The number of likely N-dealkylation sites (tertiary alicyclic amines) is 1. The van der Waals surface area contributed by atoms with Gasteiger partial charge in [-0.15, -0.1) is 0 Å². The summed E-state index contributed by atoms with van der Waals surface area (Å²) in [6.07, 6.45) is 1.97. The first kappa shape index (κ1) is 29.6. The fourth-order valence-electron chi connectivity index (χ4n) is 5.40. The van der Waals surface area contributed by atoms with E-state index in [0.717, 1.165) is 18.0 Å². The Morgan fingerprint density at radius 3 is 2.21 bits per heavy atom. The van der Waals surface area contributed by atoms with Crippen molar-refractivity contribution >= 4 is 37.3 Å². The molecule has 2 aliphatic heterocycles. The van der Waals surface area contributed by atoms with Gasteiger partial charge in [-0.2, -0.15) is 0 Å². The van der Waals surface area contributed by atoms with E-state index in [-0.39, 0.29) is 39.8 Å². The highest BCUT2D eigenvalue weighted by molar-refractivity contribution is 6.74. The molecular formula is C31H37N5O5Si. The van der Waals surface area contributed by atoms with E-state index < -0.39 is 30.7 Å².